The lowest BCUT2D eigenvalue weighted by molar-refractivity contribution is -0.143. The van der Waals surface area contributed by atoms with Crippen molar-refractivity contribution < 1.29 is 23.1 Å². The Bertz CT molecular complexity index is 523. The molecule has 0 saturated carbocycles. The van der Waals surface area contributed by atoms with Crippen molar-refractivity contribution >= 4 is 22.0 Å². The quantitative estimate of drug-likeness (QED) is 0.647. The molecule has 1 heterocycles. The van der Waals surface area contributed by atoms with E-state index in [0.717, 1.165) is 6.26 Å². The van der Waals surface area contributed by atoms with Crippen LogP contribution in [-0.2, 0) is 14.8 Å². The molecule has 0 aromatic heterocycles. The largest absolute Gasteiger partial charge is 0.481 e. The number of hydrogen-bond acceptors (Lipinski definition) is 4. The number of aliphatic carboxylic acids is 1. The number of piperidine rings is 1. The van der Waals surface area contributed by atoms with Gasteiger partial charge in [0.25, 0.3) is 0 Å². The first kappa shape index (κ1) is 19.7. The summed E-state index contributed by atoms with van der Waals surface area (Å²) in [6.07, 6.45) is 2.26. The zero-order valence-electron chi connectivity index (χ0n) is 14.0. The second-order valence-corrected chi connectivity index (χ2v) is 8.10. The molecule has 1 saturated heterocycles. The summed E-state index contributed by atoms with van der Waals surface area (Å²) in [6.45, 7) is 5.56. The van der Waals surface area contributed by atoms with Gasteiger partial charge in [-0.15, -0.1) is 0 Å². The number of rotatable bonds is 7. The maximum absolute atomic E-state index is 12.1. The van der Waals surface area contributed by atoms with Crippen LogP contribution in [0.4, 0.5) is 4.79 Å². The molecule has 2 amide bonds. The Morgan fingerprint density at radius 2 is 2.00 bits per heavy atom. The minimum atomic E-state index is -3.22. The van der Waals surface area contributed by atoms with Crippen LogP contribution in [0.2, 0.25) is 0 Å². The highest BCUT2D eigenvalue weighted by Gasteiger charge is 2.31. The van der Waals surface area contributed by atoms with Crippen molar-refractivity contribution in [3.8, 4) is 0 Å². The fourth-order valence-corrected chi connectivity index (χ4v) is 3.75. The molecule has 0 radical (unpaired) electrons. The van der Waals surface area contributed by atoms with E-state index in [2.05, 4.69) is 5.32 Å². The lowest BCUT2D eigenvalue weighted by atomic mass is 9.91. The van der Waals surface area contributed by atoms with Crippen molar-refractivity contribution in [3.05, 3.63) is 0 Å². The molecule has 2 N–H and O–H groups in total. The molecule has 1 aliphatic heterocycles. The smallest absolute Gasteiger partial charge is 0.317 e. The topological polar surface area (TPSA) is 107 Å². The molecule has 1 fully saturated rings. The Hall–Kier alpha value is -1.35. The van der Waals surface area contributed by atoms with Crippen LogP contribution in [0.5, 0.6) is 0 Å². The second-order valence-electron chi connectivity index (χ2n) is 6.12. The normalized spacial score (nSPS) is 22.2. The van der Waals surface area contributed by atoms with E-state index in [1.807, 2.05) is 6.92 Å². The van der Waals surface area contributed by atoms with Gasteiger partial charge in [-0.05, 0) is 18.8 Å². The molecule has 9 heteroatoms. The molecule has 0 spiro atoms. The number of nitrogens with one attached hydrogen (secondary N) is 1. The molecule has 0 aromatic rings. The highest BCUT2D eigenvalue weighted by Crippen LogP contribution is 2.21. The van der Waals surface area contributed by atoms with Crippen LogP contribution in [0.15, 0.2) is 0 Å². The molecule has 1 aliphatic rings. The number of carbonyl (C=O) groups excluding carboxylic acids is 1. The van der Waals surface area contributed by atoms with Gasteiger partial charge in [0.1, 0.15) is 0 Å². The molecule has 134 valence electrons. The van der Waals surface area contributed by atoms with E-state index in [-0.39, 0.29) is 18.5 Å². The van der Waals surface area contributed by atoms with Gasteiger partial charge in [0.2, 0.25) is 10.0 Å². The van der Waals surface area contributed by atoms with Crippen LogP contribution in [-0.4, -0.2) is 73.7 Å². The van der Waals surface area contributed by atoms with Crippen molar-refractivity contribution in [2.24, 2.45) is 11.8 Å². The summed E-state index contributed by atoms with van der Waals surface area (Å²) in [6, 6.07) is -0.287. The summed E-state index contributed by atoms with van der Waals surface area (Å²) in [5.74, 6) is -1.25. The number of nitrogens with zero attached hydrogens (tertiary/aromatic N) is 2. The van der Waals surface area contributed by atoms with E-state index in [1.54, 1.807) is 6.92 Å². The summed E-state index contributed by atoms with van der Waals surface area (Å²) < 4.78 is 24.2. The molecule has 2 unspecified atom stereocenters. The molecule has 0 aliphatic carbocycles. The first-order valence-corrected chi connectivity index (χ1v) is 9.70. The van der Waals surface area contributed by atoms with Gasteiger partial charge < -0.3 is 15.3 Å². The minimum Gasteiger partial charge on any atom is -0.481 e. The Balaban J connectivity index is 2.40. The Morgan fingerprint density at radius 3 is 2.52 bits per heavy atom. The zero-order chi connectivity index (χ0) is 17.6. The van der Waals surface area contributed by atoms with Gasteiger partial charge in [-0.1, -0.05) is 13.8 Å². The second kappa shape index (κ2) is 8.49. The fraction of sp³-hybridized carbons (Fsp3) is 0.857. The van der Waals surface area contributed by atoms with Crippen LogP contribution in [0, 0.1) is 11.8 Å². The van der Waals surface area contributed by atoms with Gasteiger partial charge in [-0.2, -0.15) is 0 Å². The lowest BCUT2D eigenvalue weighted by Gasteiger charge is -2.34. The number of likely N-dealkylation sites (tertiary alicyclic amines) is 1. The van der Waals surface area contributed by atoms with Gasteiger partial charge in [0, 0.05) is 32.7 Å². The van der Waals surface area contributed by atoms with Gasteiger partial charge in [0.15, 0.2) is 0 Å². The molecular weight excluding hydrogens is 322 g/mol. The highest BCUT2D eigenvalue weighted by molar-refractivity contribution is 7.88. The molecule has 0 bridgehead atoms. The third-order valence-electron chi connectivity index (χ3n) is 3.98. The predicted octanol–water partition coefficient (Wildman–Crippen LogP) is 0.410. The number of urea groups is 1. The number of carboxylic acid groups (broad SMARTS) is 1. The number of sulfonamides is 1. The van der Waals surface area contributed by atoms with Crippen molar-refractivity contribution in [2.45, 2.75) is 26.7 Å². The Labute approximate surface area is 137 Å². The summed E-state index contributed by atoms with van der Waals surface area (Å²) in [5.41, 5.74) is 0. The third kappa shape index (κ3) is 6.34. The van der Waals surface area contributed by atoms with Crippen molar-refractivity contribution in [1.29, 1.82) is 0 Å². The highest BCUT2D eigenvalue weighted by atomic mass is 32.2. The van der Waals surface area contributed by atoms with Crippen LogP contribution >= 0.6 is 0 Å². The van der Waals surface area contributed by atoms with E-state index in [1.165, 1.54) is 9.21 Å². The van der Waals surface area contributed by atoms with Crippen LogP contribution in [0.25, 0.3) is 0 Å². The van der Waals surface area contributed by atoms with Gasteiger partial charge in [0.05, 0.1) is 12.2 Å². The Kier molecular flexibility index (Phi) is 7.27. The molecule has 8 nitrogen and oxygen atoms in total. The van der Waals surface area contributed by atoms with Gasteiger partial charge in [-0.3, -0.25) is 4.79 Å². The van der Waals surface area contributed by atoms with Crippen molar-refractivity contribution in [1.82, 2.24) is 14.5 Å². The molecule has 1 rings (SSSR count). The number of carbonyl (C=O) groups is 2. The lowest BCUT2D eigenvalue weighted by Crippen LogP contribution is -2.49. The van der Waals surface area contributed by atoms with Crippen molar-refractivity contribution in [2.75, 3.05) is 39.0 Å². The summed E-state index contributed by atoms with van der Waals surface area (Å²) >= 11 is 0. The first-order chi connectivity index (χ1) is 10.6. The van der Waals surface area contributed by atoms with E-state index in [9.17, 15) is 18.0 Å². The average Bonchev–Trinajstić information content (AvgIpc) is 2.44. The maximum Gasteiger partial charge on any atom is 0.317 e. The summed E-state index contributed by atoms with van der Waals surface area (Å²) in [5, 5.41) is 11.8. The molecule has 0 aromatic carbocycles. The van der Waals surface area contributed by atoms with E-state index < -0.39 is 21.9 Å². The third-order valence-corrected chi connectivity index (χ3v) is 5.36. The average molecular weight is 349 g/mol. The van der Waals surface area contributed by atoms with E-state index in [0.29, 0.717) is 39.0 Å². The molecule has 23 heavy (non-hydrogen) atoms. The number of carboxylic acids is 1. The van der Waals surface area contributed by atoms with E-state index in [4.69, 9.17) is 5.11 Å². The number of amides is 2. The standard InChI is InChI=1S/C14H27N3O5S/c1-4-17(23(3,21)22)7-5-6-15-14(20)16-9-11(2)8-12(10-16)13(18)19/h11-12H,4-10H2,1-3H3,(H,15,20)(H,18,19). The summed E-state index contributed by atoms with van der Waals surface area (Å²) in [4.78, 5) is 24.8. The van der Waals surface area contributed by atoms with Crippen LogP contribution in [0.3, 0.4) is 0 Å². The monoisotopic (exact) mass is 349 g/mol. The van der Waals surface area contributed by atoms with Crippen molar-refractivity contribution in [3.63, 3.8) is 0 Å². The minimum absolute atomic E-state index is 0.149. The van der Waals surface area contributed by atoms with Gasteiger partial charge >= 0.3 is 12.0 Å². The molecular formula is C14H27N3O5S. The predicted molar refractivity (Wildman–Crippen MR) is 86.6 cm³/mol. The molecule has 2 atom stereocenters. The Morgan fingerprint density at radius 1 is 1.35 bits per heavy atom. The van der Waals surface area contributed by atoms with Crippen LogP contribution < -0.4 is 5.32 Å². The van der Waals surface area contributed by atoms with E-state index >= 15 is 0 Å². The fourth-order valence-electron chi connectivity index (χ4n) is 2.82. The van der Waals surface area contributed by atoms with Crippen LogP contribution in [0.1, 0.15) is 26.7 Å². The first-order valence-electron chi connectivity index (χ1n) is 7.85. The zero-order valence-corrected chi connectivity index (χ0v) is 14.8. The van der Waals surface area contributed by atoms with Gasteiger partial charge in [-0.25, -0.2) is 17.5 Å². The maximum atomic E-state index is 12.1. The SMILES string of the molecule is CCN(CCCNC(=O)N1CC(C)CC(C(=O)O)C1)S(C)(=O)=O. The number of hydrogen-bond donors (Lipinski definition) is 2. The summed E-state index contributed by atoms with van der Waals surface area (Å²) in [7, 11) is -3.22.